The zero-order chi connectivity index (χ0) is 17.4. The number of nitrogens with one attached hydrogen (secondary N) is 2. The van der Waals surface area contributed by atoms with Crippen molar-refractivity contribution in [2.75, 3.05) is 59.4 Å². The van der Waals surface area contributed by atoms with E-state index in [0.717, 1.165) is 19.0 Å². The highest BCUT2D eigenvalue weighted by atomic mass is 15.3. The zero-order valence-corrected chi connectivity index (χ0v) is 16.4. The summed E-state index contributed by atoms with van der Waals surface area (Å²) in [4.78, 5) is 9.54. The minimum atomic E-state index is 0.530. The fraction of sp³-hybridized carbons (Fsp3) is 0.947. The largest absolute Gasteiger partial charge is 0.356 e. The van der Waals surface area contributed by atoms with E-state index in [4.69, 9.17) is 0 Å². The van der Waals surface area contributed by atoms with Crippen molar-refractivity contribution in [2.24, 2.45) is 16.3 Å². The van der Waals surface area contributed by atoms with Crippen molar-refractivity contribution in [2.45, 2.75) is 46.5 Å². The first-order chi connectivity index (χ1) is 11.6. The number of rotatable bonds is 8. The third kappa shape index (κ3) is 5.62. The number of aliphatic imine (C=N–C) groups is 1. The van der Waals surface area contributed by atoms with E-state index in [1.807, 2.05) is 7.05 Å². The molecular weight excluding hydrogens is 298 g/mol. The lowest BCUT2D eigenvalue weighted by Gasteiger charge is -2.41. The Morgan fingerprint density at radius 3 is 2.25 bits per heavy atom. The van der Waals surface area contributed by atoms with Crippen molar-refractivity contribution in [3.05, 3.63) is 0 Å². The minimum absolute atomic E-state index is 0.530. The monoisotopic (exact) mass is 337 g/mol. The highest BCUT2D eigenvalue weighted by molar-refractivity contribution is 5.79. The molecule has 24 heavy (non-hydrogen) atoms. The molecule has 0 radical (unpaired) electrons. The molecule has 2 rings (SSSR count). The number of likely N-dealkylation sites (N-methyl/N-ethyl adjacent to an activating group) is 1. The van der Waals surface area contributed by atoms with Crippen LogP contribution < -0.4 is 10.6 Å². The highest BCUT2D eigenvalue weighted by Crippen LogP contribution is 2.42. The van der Waals surface area contributed by atoms with Crippen molar-refractivity contribution < 1.29 is 0 Å². The number of hydrogen-bond donors (Lipinski definition) is 2. The maximum Gasteiger partial charge on any atom is 0.191 e. The van der Waals surface area contributed by atoms with E-state index >= 15 is 0 Å². The predicted octanol–water partition coefficient (Wildman–Crippen LogP) is 2.01. The fourth-order valence-electron chi connectivity index (χ4n) is 3.89. The topological polar surface area (TPSA) is 42.9 Å². The molecule has 2 aliphatic rings. The second kappa shape index (κ2) is 9.62. The van der Waals surface area contributed by atoms with E-state index in [2.05, 4.69) is 46.2 Å². The van der Waals surface area contributed by atoms with Gasteiger partial charge < -0.3 is 20.4 Å². The molecule has 1 heterocycles. The first-order valence-electron chi connectivity index (χ1n) is 10.00. The summed E-state index contributed by atoms with van der Waals surface area (Å²) >= 11 is 0. The van der Waals surface area contributed by atoms with Gasteiger partial charge in [-0.05, 0) is 37.1 Å². The number of nitrogens with zero attached hydrogens (tertiary/aromatic N) is 3. The molecule has 1 atom stereocenters. The van der Waals surface area contributed by atoms with E-state index in [1.54, 1.807) is 0 Å². The molecule has 0 bridgehead atoms. The van der Waals surface area contributed by atoms with Gasteiger partial charge in [0, 0.05) is 52.9 Å². The number of piperazine rings is 1. The summed E-state index contributed by atoms with van der Waals surface area (Å²) in [7, 11) is 1.88. The van der Waals surface area contributed by atoms with E-state index in [-0.39, 0.29) is 0 Å². The molecule has 0 amide bonds. The molecule has 1 aliphatic carbocycles. The molecule has 140 valence electrons. The smallest absolute Gasteiger partial charge is 0.191 e. The SMILES string of the molecule is CCN1CCN(CC(C)CNC(=NC)NCC2(CC)CCC2)CC1. The lowest BCUT2D eigenvalue weighted by molar-refractivity contribution is 0.124. The van der Waals surface area contributed by atoms with Crippen LogP contribution in [-0.4, -0.2) is 75.2 Å². The summed E-state index contributed by atoms with van der Waals surface area (Å²) in [5.74, 6) is 1.61. The fourth-order valence-corrected chi connectivity index (χ4v) is 3.89. The summed E-state index contributed by atoms with van der Waals surface area (Å²) in [6.07, 6.45) is 5.41. The van der Waals surface area contributed by atoms with E-state index < -0.39 is 0 Å². The van der Waals surface area contributed by atoms with Crippen LogP contribution in [0.25, 0.3) is 0 Å². The molecular formula is C19H39N5. The van der Waals surface area contributed by atoms with Crippen molar-refractivity contribution in [3.63, 3.8) is 0 Å². The Kier molecular flexibility index (Phi) is 7.82. The molecule has 1 unspecified atom stereocenters. The summed E-state index contributed by atoms with van der Waals surface area (Å²) in [6, 6.07) is 0. The van der Waals surface area contributed by atoms with Gasteiger partial charge in [-0.1, -0.05) is 27.2 Å². The van der Waals surface area contributed by atoms with Crippen LogP contribution in [0.15, 0.2) is 4.99 Å². The van der Waals surface area contributed by atoms with Gasteiger partial charge in [0.1, 0.15) is 0 Å². The molecule has 2 N–H and O–H groups in total. The van der Waals surface area contributed by atoms with Crippen LogP contribution in [-0.2, 0) is 0 Å². The summed E-state index contributed by atoms with van der Waals surface area (Å²) in [5, 5.41) is 7.08. The summed E-state index contributed by atoms with van der Waals surface area (Å²) < 4.78 is 0. The molecule has 0 aromatic heterocycles. The van der Waals surface area contributed by atoms with Gasteiger partial charge in [-0.15, -0.1) is 0 Å². The quantitative estimate of drug-likeness (QED) is 0.525. The van der Waals surface area contributed by atoms with Crippen LogP contribution >= 0.6 is 0 Å². The van der Waals surface area contributed by atoms with Gasteiger partial charge in [0.05, 0.1) is 0 Å². The van der Waals surface area contributed by atoms with Gasteiger partial charge in [-0.2, -0.15) is 0 Å². The Morgan fingerprint density at radius 2 is 1.75 bits per heavy atom. The molecule has 5 nitrogen and oxygen atoms in total. The van der Waals surface area contributed by atoms with E-state index in [0.29, 0.717) is 11.3 Å². The predicted molar refractivity (Wildman–Crippen MR) is 104 cm³/mol. The molecule has 0 spiro atoms. The Labute approximate surface area is 149 Å². The average molecular weight is 338 g/mol. The first-order valence-corrected chi connectivity index (χ1v) is 10.00. The lowest BCUT2D eigenvalue weighted by atomic mass is 9.67. The van der Waals surface area contributed by atoms with Crippen LogP contribution in [0.5, 0.6) is 0 Å². The molecule has 1 saturated heterocycles. The van der Waals surface area contributed by atoms with Crippen molar-refractivity contribution in [3.8, 4) is 0 Å². The second-order valence-corrected chi connectivity index (χ2v) is 7.85. The molecule has 1 aliphatic heterocycles. The Bertz CT molecular complexity index is 378. The van der Waals surface area contributed by atoms with E-state index in [1.165, 1.54) is 65.0 Å². The van der Waals surface area contributed by atoms with Crippen LogP contribution in [0, 0.1) is 11.3 Å². The molecule has 0 aromatic rings. The van der Waals surface area contributed by atoms with Crippen molar-refractivity contribution in [1.82, 2.24) is 20.4 Å². The average Bonchev–Trinajstić information content (AvgIpc) is 2.57. The van der Waals surface area contributed by atoms with Gasteiger partial charge in [0.25, 0.3) is 0 Å². The third-order valence-corrected chi connectivity index (χ3v) is 6.12. The van der Waals surface area contributed by atoms with Gasteiger partial charge in [0.15, 0.2) is 5.96 Å². The van der Waals surface area contributed by atoms with Crippen LogP contribution in [0.3, 0.4) is 0 Å². The second-order valence-electron chi connectivity index (χ2n) is 7.85. The van der Waals surface area contributed by atoms with Crippen molar-refractivity contribution >= 4 is 5.96 Å². The normalized spacial score (nSPS) is 23.6. The minimum Gasteiger partial charge on any atom is -0.356 e. The standard InChI is InChI=1S/C19H39N5/c1-5-19(8-7-9-19)16-22-18(20-4)21-14-17(3)15-24-12-10-23(6-2)11-13-24/h17H,5-16H2,1-4H3,(H2,20,21,22). The Morgan fingerprint density at radius 1 is 1.08 bits per heavy atom. The van der Waals surface area contributed by atoms with Crippen LogP contribution in [0.4, 0.5) is 0 Å². The summed E-state index contributed by atoms with van der Waals surface area (Å²) in [6.45, 7) is 16.2. The molecule has 5 heteroatoms. The number of hydrogen-bond acceptors (Lipinski definition) is 3. The lowest BCUT2D eigenvalue weighted by Crippen LogP contribution is -2.49. The zero-order valence-electron chi connectivity index (χ0n) is 16.4. The highest BCUT2D eigenvalue weighted by Gasteiger charge is 2.34. The van der Waals surface area contributed by atoms with Crippen LogP contribution in [0.2, 0.25) is 0 Å². The van der Waals surface area contributed by atoms with Gasteiger partial charge in [-0.3, -0.25) is 4.99 Å². The van der Waals surface area contributed by atoms with Gasteiger partial charge >= 0.3 is 0 Å². The molecule has 0 aromatic carbocycles. The van der Waals surface area contributed by atoms with Crippen molar-refractivity contribution in [1.29, 1.82) is 0 Å². The molecule has 1 saturated carbocycles. The number of guanidine groups is 1. The summed E-state index contributed by atoms with van der Waals surface area (Å²) in [5.41, 5.74) is 0.530. The van der Waals surface area contributed by atoms with E-state index in [9.17, 15) is 0 Å². The van der Waals surface area contributed by atoms with Gasteiger partial charge in [0.2, 0.25) is 0 Å². The maximum absolute atomic E-state index is 4.40. The molecule has 2 fully saturated rings. The third-order valence-electron chi connectivity index (χ3n) is 6.12. The van der Waals surface area contributed by atoms with Crippen LogP contribution in [0.1, 0.15) is 46.5 Å². The Balaban J connectivity index is 1.63. The maximum atomic E-state index is 4.40. The van der Waals surface area contributed by atoms with Gasteiger partial charge in [-0.25, -0.2) is 0 Å². The Hall–Kier alpha value is -0.810. The first kappa shape index (κ1) is 19.5.